The van der Waals surface area contributed by atoms with E-state index < -0.39 is 12.0 Å². The molecule has 1 aliphatic rings. The van der Waals surface area contributed by atoms with Crippen molar-refractivity contribution in [3.05, 3.63) is 107 Å². The van der Waals surface area contributed by atoms with Gasteiger partial charge in [0.05, 0.1) is 28.5 Å². The van der Waals surface area contributed by atoms with E-state index in [-0.39, 0.29) is 12.2 Å². The smallest absolute Gasteiger partial charge is 0.338 e. The maximum absolute atomic E-state index is 13.5. The predicted molar refractivity (Wildman–Crippen MR) is 133 cm³/mol. The first kappa shape index (κ1) is 23.2. The van der Waals surface area contributed by atoms with Gasteiger partial charge in [0.1, 0.15) is 0 Å². The first-order chi connectivity index (χ1) is 15.9. The van der Waals surface area contributed by atoms with Crippen LogP contribution in [0, 0.1) is 0 Å². The molecule has 0 saturated carbocycles. The van der Waals surface area contributed by atoms with E-state index in [0.717, 1.165) is 5.56 Å². The lowest BCUT2D eigenvalue weighted by Gasteiger charge is -2.21. The third kappa shape index (κ3) is 4.88. The summed E-state index contributed by atoms with van der Waals surface area (Å²) >= 11 is 13.5. The Morgan fingerprint density at radius 1 is 1.21 bits per heavy atom. The average molecular weight is 499 g/mol. The lowest BCUT2D eigenvalue weighted by atomic mass is 10.0. The number of thiazole rings is 1. The van der Waals surface area contributed by atoms with Crippen molar-refractivity contribution >= 4 is 52.7 Å². The third-order valence-corrected chi connectivity index (χ3v) is 6.62. The third-order valence-electron chi connectivity index (χ3n) is 5.08. The van der Waals surface area contributed by atoms with E-state index in [2.05, 4.69) is 4.99 Å². The van der Waals surface area contributed by atoms with Gasteiger partial charge in [-0.2, -0.15) is 0 Å². The molecule has 8 heteroatoms. The molecule has 168 valence electrons. The van der Waals surface area contributed by atoms with E-state index in [1.54, 1.807) is 38.1 Å². The van der Waals surface area contributed by atoms with Crippen LogP contribution in [-0.2, 0) is 9.53 Å². The minimum atomic E-state index is -0.650. The minimum absolute atomic E-state index is 0.226. The van der Waals surface area contributed by atoms with Gasteiger partial charge in [0.15, 0.2) is 4.80 Å². The Morgan fingerprint density at radius 3 is 2.67 bits per heavy atom. The Kier molecular flexibility index (Phi) is 6.98. The fraction of sp³-hybridized carbons (Fsp3) is 0.160. The van der Waals surface area contributed by atoms with Gasteiger partial charge >= 0.3 is 5.97 Å². The zero-order valence-electron chi connectivity index (χ0n) is 17.9. The van der Waals surface area contributed by atoms with Gasteiger partial charge in [-0.05, 0) is 43.2 Å². The number of carbonyl (C=O) groups excluding carboxylic acids is 1. The fourth-order valence-electron chi connectivity index (χ4n) is 3.54. The van der Waals surface area contributed by atoms with E-state index in [4.69, 9.17) is 27.9 Å². The summed E-state index contributed by atoms with van der Waals surface area (Å²) in [5, 5.41) is 0.955. The quantitative estimate of drug-likeness (QED) is 0.476. The molecule has 0 saturated heterocycles. The molecule has 0 amide bonds. The van der Waals surface area contributed by atoms with Crippen molar-refractivity contribution in [3.63, 3.8) is 0 Å². The number of ether oxygens (including phenoxy) is 1. The molecular formula is C25H20Cl2N2O3S. The fourth-order valence-corrected chi connectivity index (χ4v) is 5.05. The summed E-state index contributed by atoms with van der Waals surface area (Å²) in [5.74, 6) is -0.489. The van der Waals surface area contributed by atoms with Crippen LogP contribution in [-0.4, -0.2) is 17.1 Å². The highest BCUT2D eigenvalue weighted by Crippen LogP contribution is 2.26. The van der Waals surface area contributed by atoms with Gasteiger partial charge in [-0.25, -0.2) is 9.79 Å². The Balaban J connectivity index is 1.89. The largest absolute Gasteiger partial charge is 0.463 e. The average Bonchev–Trinajstić information content (AvgIpc) is 3.09. The topological polar surface area (TPSA) is 60.7 Å². The molecule has 2 heterocycles. The second kappa shape index (κ2) is 9.91. The van der Waals surface area contributed by atoms with Crippen molar-refractivity contribution < 1.29 is 9.53 Å². The molecule has 0 fully saturated rings. The van der Waals surface area contributed by atoms with Crippen molar-refractivity contribution in [2.45, 2.75) is 19.9 Å². The van der Waals surface area contributed by atoms with Crippen LogP contribution in [0.2, 0.25) is 10.0 Å². The number of carbonyl (C=O) groups is 1. The summed E-state index contributed by atoms with van der Waals surface area (Å²) in [7, 11) is 0. The van der Waals surface area contributed by atoms with Gasteiger partial charge in [0.25, 0.3) is 5.56 Å². The van der Waals surface area contributed by atoms with E-state index in [9.17, 15) is 9.59 Å². The van der Waals surface area contributed by atoms with E-state index in [0.29, 0.717) is 36.2 Å². The molecule has 3 aromatic rings. The van der Waals surface area contributed by atoms with Crippen LogP contribution in [0.5, 0.6) is 0 Å². The van der Waals surface area contributed by atoms with Gasteiger partial charge < -0.3 is 4.74 Å². The van der Waals surface area contributed by atoms with E-state index in [1.165, 1.54) is 15.9 Å². The summed E-state index contributed by atoms with van der Waals surface area (Å²) < 4.78 is 7.26. The molecule has 0 aliphatic carbocycles. The van der Waals surface area contributed by atoms with Crippen molar-refractivity contribution in [2.24, 2.45) is 4.99 Å². The highest BCUT2D eigenvalue weighted by molar-refractivity contribution is 7.07. The van der Waals surface area contributed by atoms with Crippen LogP contribution in [0.1, 0.15) is 31.0 Å². The zero-order valence-corrected chi connectivity index (χ0v) is 20.2. The number of benzene rings is 2. The van der Waals surface area contributed by atoms with Crippen LogP contribution in [0.15, 0.2) is 75.7 Å². The maximum atomic E-state index is 13.5. The van der Waals surface area contributed by atoms with E-state index in [1.807, 2.05) is 42.5 Å². The highest BCUT2D eigenvalue weighted by Gasteiger charge is 2.30. The number of halogens is 2. The Morgan fingerprint density at radius 2 is 1.97 bits per heavy atom. The van der Waals surface area contributed by atoms with E-state index >= 15 is 0 Å². The first-order valence-electron chi connectivity index (χ1n) is 10.3. The van der Waals surface area contributed by atoms with Gasteiger partial charge in [0.2, 0.25) is 0 Å². The van der Waals surface area contributed by atoms with Gasteiger partial charge in [-0.3, -0.25) is 9.36 Å². The number of esters is 1. The Bertz CT molecular complexity index is 1450. The normalized spacial score (nSPS) is 16.1. The molecule has 4 rings (SSSR count). The molecule has 0 spiro atoms. The monoisotopic (exact) mass is 498 g/mol. The molecule has 2 aromatic carbocycles. The Hall–Kier alpha value is -2.93. The lowest BCUT2D eigenvalue weighted by molar-refractivity contribution is -0.139. The van der Waals surface area contributed by atoms with Gasteiger partial charge in [0, 0.05) is 10.0 Å². The maximum Gasteiger partial charge on any atom is 0.338 e. The summed E-state index contributed by atoms with van der Waals surface area (Å²) in [6.45, 7) is 3.72. The van der Waals surface area contributed by atoms with Gasteiger partial charge in [-0.15, -0.1) is 0 Å². The van der Waals surface area contributed by atoms with Crippen LogP contribution in [0.3, 0.4) is 0 Å². The number of aromatic nitrogens is 1. The molecule has 5 nitrogen and oxygen atoms in total. The number of allylic oxidation sites excluding steroid dienone is 2. The van der Waals surface area contributed by atoms with Crippen LogP contribution in [0.25, 0.3) is 12.2 Å². The predicted octanol–water partition coefficient (Wildman–Crippen LogP) is 4.77. The van der Waals surface area contributed by atoms with Crippen LogP contribution >= 0.6 is 34.5 Å². The SMILES string of the molecule is CCOC(=O)C1=C(C)N=c2s/c(=C/c3ccc(Cl)cc3Cl)c(=O)n2C1C=Cc1ccccc1. The molecule has 1 aromatic heterocycles. The molecule has 1 atom stereocenters. The first-order valence-corrected chi connectivity index (χ1v) is 11.8. The molecule has 0 bridgehead atoms. The van der Waals surface area contributed by atoms with Crippen molar-refractivity contribution in [1.29, 1.82) is 0 Å². The second-order valence-electron chi connectivity index (χ2n) is 7.28. The molecule has 1 aliphatic heterocycles. The molecular weight excluding hydrogens is 479 g/mol. The number of nitrogens with zero attached hydrogens (tertiary/aromatic N) is 2. The van der Waals surface area contributed by atoms with Crippen molar-refractivity contribution in [1.82, 2.24) is 4.57 Å². The summed E-state index contributed by atoms with van der Waals surface area (Å²) in [5.41, 5.74) is 2.22. The minimum Gasteiger partial charge on any atom is -0.463 e. The lowest BCUT2D eigenvalue weighted by Crippen LogP contribution is -2.38. The van der Waals surface area contributed by atoms with Crippen molar-refractivity contribution in [3.8, 4) is 0 Å². The Labute approximate surface area is 204 Å². The summed E-state index contributed by atoms with van der Waals surface area (Å²) in [4.78, 5) is 31.3. The number of fused-ring (bicyclic) bond motifs is 1. The summed E-state index contributed by atoms with van der Waals surface area (Å²) in [6.07, 6.45) is 5.43. The van der Waals surface area contributed by atoms with Crippen LogP contribution in [0.4, 0.5) is 0 Å². The molecule has 0 radical (unpaired) electrons. The van der Waals surface area contributed by atoms with Crippen LogP contribution < -0.4 is 14.9 Å². The standard InChI is InChI=1S/C25H20Cl2N2O3S/c1-3-32-24(31)22-15(2)28-25-29(20(22)12-9-16-7-5-4-6-8-16)23(30)21(33-25)13-17-10-11-18(26)14-19(17)27/h4-14,20H,3H2,1-2H3/b12-9?,21-13+. The summed E-state index contributed by atoms with van der Waals surface area (Å²) in [6, 6.07) is 14.1. The number of hydrogen-bond donors (Lipinski definition) is 0. The molecule has 0 N–H and O–H groups in total. The number of hydrogen-bond acceptors (Lipinski definition) is 5. The van der Waals surface area contributed by atoms with Gasteiger partial charge in [-0.1, -0.05) is 83.1 Å². The number of rotatable bonds is 5. The molecule has 1 unspecified atom stereocenters. The molecule has 33 heavy (non-hydrogen) atoms. The second-order valence-corrected chi connectivity index (χ2v) is 9.13. The zero-order chi connectivity index (χ0) is 23.5. The van der Waals surface area contributed by atoms with Crippen molar-refractivity contribution in [2.75, 3.05) is 6.61 Å². The highest BCUT2D eigenvalue weighted by atomic mass is 35.5.